The number of esters is 1. The van der Waals surface area contributed by atoms with Gasteiger partial charge in [-0.05, 0) is 25.5 Å². The molecule has 1 amide bonds. The fraction of sp³-hybridized carbons (Fsp3) is 0.421. The molecule has 7 nitrogen and oxygen atoms in total. The van der Waals surface area contributed by atoms with E-state index in [1.165, 1.54) is 23.1 Å². The summed E-state index contributed by atoms with van der Waals surface area (Å²) in [5, 5.41) is 14.8. The summed E-state index contributed by atoms with van der Waals surface area (Å²) in [7, 11) is 0. The number of ether oxygens (including phenoxy) is 1. The van der Waals surface area contributed by atoms with Gasteiger partial charge in [0.1, 0.15) is 11.1 Å². The molecule has 0 saturated heterocycles. The Morgan fingerprint density at radius 2 is 2.11 bits per heavy atom. The Hall–Kier alpha value is -2.44. The number of pyridine rings is 1. The molecule has 0 saturated carbocycles. The summed E-state index contributed by atoms with van der Waals surface area (Å²) in [6.45, 7) is 4.15. The number of anilines is 1. The third kappa shape index (κ3) is 6.94. The van der Waals surface area contributed by atoms with Crippen LogP contribution in [0.2, 0.25) is 0 Å². The maximum Gasteiger partial charge on any atom is 0.311 e. The van der Waals surface area contributed by atoms with Crippen molar-refractivity contribution in [3.8, 4) is 6.07 Å². The van der Waals surface area contributed by atoms with E-state index in [9.17, 15) is 14.9 Å². The van der Waals surface area contributed by atoms with E-state index >= 15 is 0 Å². The Kier molecular flexibility index (Phi) is 8.91. The van der Waals surface area contributed by atoms with E-state index in [1.54, 1.807) is 18.4 Å². The number of amides is 1. The summed E-state index contributed by atoms with van der Waals surface area (Å²) in [5.41, 5.74) is 2.04. The molecule has 28 heavy (non-hydrogen) atoms. The van der Waals surface area contributed by atoms with E-state index in [1.807, 2.05) is 6.07 Å². The van der Waals surface area contributed by atoms with Gasteiger partial charge in [0.05, 0.1) is 24.3 Å². The average Bonchev–Trinajstić information content (AvgIpc) is 3.09. The third-order valence-electron chi connectivity index (χ3n) is 3.54. The maximum atomic E-state index is 12.1. The van der Waals surface area contributed by atoms with Crippen LogP contribution in [-0.2, 0) is 27.2 Å². The number of aryl methyl sites for hydroxylation is 1. The zero-order chi connectivity index (χ0) is 20.4. The molecule has 0 aromatic carbocycles. The molecule has 9 heteroatoms. The molecule has 0 unspecified atom stereocenters. The van der Waals surface area contributed by atoms with Gasteiger partial charge in [-0.25, -0.2) is 9.97 Å². The monoisotopic (exact) mass is 418 g/mol. The SMILES string of the molecule is CCCc1ccc(C#N)c(SCCC(=O)Nc2nc(CC(=O)OCC)cs2)n1. The van der Waals surface area contributed by atoms with Crippen LogP contribution in [0.15, 0.2) is 22.5 Å². The highest BCUT2D eigenvalue weighted by atomic mass is 32.2. The first kappa shape index (κ1) is 21.9. The number of aromatic nitrogens is 2. The van der Waals surface area contributed by atoms with Gasteiger partial charge in [0.2, 0.25) is 5.91 Å². The minimum Gasteiger partial charge on any atom is -0.466 e. The van der Waals surface area contributed by atoms with Gasteiger partial charge < -0.3 is 10.1 Å². The Balaban J connectivity index is 1.83. The van der Waals surface area contributed by atoms with Gasteiger partial charge in [-0.1, -0.05) is 13.3 Å². The van der Waals surface area contributed by atoms with Crippen LogP contribution in [0.3, 0.4) is 0 Å². The lowest BCUT2D eigenvalue weighted by Gasteiger charge is -2.06. The van der Waals surface area contributed by atoms with Crippen LogP contribution >= 0.6 is 23.1 Å². The number of hydrogen-bond donors (Lipinski definition) is 1. The number of rotatable bonds is 10. The van der Waals surface area contributed by atoms with E-state index in [0.29, 0.717) is 33.8 Å². The summed E-state index contributed by atoms with van der Waals surface area (Å²) < 4.78 is 4.88. The first-order valence-corrected chi connectivity index (χ1v) is 10.8. The van der Waals surface area contributed by atoms with Crippen molar-refractivity contribution in [2.75, 3.05) is 17.7 Å². The molecule has 0 bridgehead atoms. The number of carbonyl (C=O) groups excluding carboxylic acids is 2. The number of carbonyl (C=O) groups is 2. The van der Waals surface area contributed by atoms with E-state index in [0.717, 1.165) is 18.5 Å². The van der Waals surface area contributed by atoms with Crippen LogP contribution in [0.1, 0.15) is 43.6 Å². The Labute approximate surface area is 172 Å². The van der Waals surface area contributed by atoms with Crippen LogP contribution in [-0.4, -0.2) is 34.2 Å². The first-order valence-electron chi connectivity index (χ1n) is 8.98. The second-order valence-electron chi connectivity index (χ2n) is 5.79. The van der Waals surface area contributed by atoms with Crippen molar-refractivity contribution in [2.24, 2.45) is 0 Å². The molecular formula is C19H22N4O3S2. The van der Waals surface area contributed by atoms with Crippen molar-refractivity contribution in [1.82, 2.24) is 9.97 Å². The minimum atomic E-state index is -0.340. The zero-order valence-electron chi connectivity index (χ0n) is 15.9. The average molecular weight is 419 g/mol. The maximum absolute atomic E-state index is 12.1. The summed E-state index contributed by atoms with van der Waals surface area (Å²) in [6, 6.07) is 5.79. The fourth-order valence-electron chi connectivity index (χ4n) is 2.30. The molecule has 0 radical (unpaired) electrons. The number of thioether (sulfide) groups is 1. The quantitative estimate of drug-likeness (QED) is 0.464. The van der Waals surface area contributed by atoms with Gasteiger partial charge in [-0.15, -0.1) is 23.1 Å². The predicted octanol–water partition coefficient (Wildman–Crippen LogP) is 3.59. The highest BCUT2D eigenvalue weighted by molar-refractivity contribution is 7.99. The molecule has 0 spiro atoms. The number of nitrogens with zero attached hydrogens (tertiary/aromatic N) is 3. The van der Waals surface area contributed by atoms with Crippen LogP contribution in [0.5, 0.6) is 0 Å². The van der Waals surface area contributed by atoms with Crippen LogP contribution < -0.4 is 5.32 Å². The molecule has 0 aliphatic carbocycles. The number of thiazole rings is 1. The largest absolute Gasteiger partial charge is 0.466 e. The molecule has 0 atom stereocenters. The molecular weight excluding hydrogens is 396 g/mol. The normalized spacial score (nSPS) is 10.3. The van der Waals surface area contributed by atoms with E-state index in [-0.39, 0.29) is 24.7 Å². The topological polar surface area (TPSA) is 105 Å². The van der Waals surface area contributed by atoms with Gasteiger partial charge in [0, 0.05) is 23.2 Å². The van der Waals surface area contributed by atoms with Crippen molar-refractivity contribution in [1.29, 1.82) is 5.26 Å². The second kappa shape index (κ2) is 11.4. The lowest BCUT2D eigenvalue weighted by atomic mass is 10.2. The smallest absolute Gasteiger partial charge is 0.311 e. The summed E-state index contributed by atoms with van der Waals surface area (Å²) in [4.78, 5) is 32.3. The van der Waals surface area contributed by atoms with E-state index < -0.39 is 0 Å². The van der Waals surface area contributed by atoms with Crippen LogP contribution in [0, 0.1) is 11.3 Å². The van der Waals surface area contributed by atoms with E-state index in [4.69, 9.17) is 4.74 Å². The highest BCUT2D eigenvalue weighted by Gasteiger charge is 2.12. The minimum absolute atomic E-state index is 0.0900. The molecule has 0 aliphatic heterocycles. The van der Waals surface area contributed by atoms with Crippen molar-refractivity contribution in [3.63, 3.8) is 0 Å². The predicted molar refractivity (Wildman–Crippen MR) is 109 cm³/mol. The van der Waals surface area contributed by atoms with Crippen molar-refractivity contribution >= 4 is 40.1 Å². The lowest BCUT2D eigenvalue weighted by Crippen LogP contribution is -2.12. The van der Waals surface area contributed by atoms with Crippen LogP contribution in [0.4, 0.5) is 5.13 Å². The van der Waals surface area contributed by atoms with Crippen molar-refractivity contribution in [3.05, 3.63) is 34.5 Å². The zero-order valence-corrected chi connectivity index (χ0v) is 17.5. The Morgan fingerprint density at radius 1 is 1.29 bits per heavy atom. The number of nitrogens with one attached hydrogen (secondary N) is 1. The van der Waals surface area contributed by atoms with Gasteiger partial charge in [-0.3, -0.25) is 9.59 Å². The standard InChI is InChI=1S/C19H22N4O3S2/c1-3-5-14-7-6-13(11-20)18(21-14)27-9-8-16(24)23-19-22-15(12-28-19)10-17(25)26-4-2/h6-7,12H,3-5,8-10H2,1-2H3,(H,22,23,24). The van der Waals surface area contributed by atoms with E-state index in [2.05, 4.69) is 28.3 Å². The summed E-state index contributed by atoms with van der Waals surface area (Å²) in [5.74, 6) is -0.00891. The molecule has 2 rings (SSSR count). The lowest BCUT2D eigenvalue weighted by molar-refractivity contribution is -0.142. The van der Waals surface area contributed by atoms with Gasteiger partial charge in [0.25, 0.3) is 0 Å². The number of nitriles is 1. The van der Waals surface area contributed by atoms with Gasteiger partial charge in [0.15, 0.2) is 5.13 Å². The summed E-state index contributed by atoms with van der Waals surface area (Å²) in [6.07, 6.45) is 2.20. The second-order valence-corrected chi connectivity index (χ2v) is 7.73. The van der Waals surface area contributed by atoms with Crippen molar-refractivity contribution in [2.45, 2.75) is 44.6 Å². The molecule has 1 N–H and O–H groups in total. The van der Waals surface area contributed by atoms with Crippen molar-refractivity contribution < 1.29 is 14.3 Å². The molecule has 2 aromatic heterocycles. The Bertz CT molecular complexity index is 861. The molecule has 2 aromatic rings. The first-order chi connectivity index (χ1) is 13.5. The fourth-order valence-corrected chi connectivity index (χ4v) is 3.96. The number of hydrogen-bond acceptors (Lipinski definition) is 8. The molecule has 148 valence electrons. The molecule has 0 fully saturated rings. The molecule has 0 aliphatic rings. The highest BCUT2D eigenvalue weighted by Crippen LogP contribution is 2.22. The van der Waals surface area contributed by atoms with Gasteiger partial charge in [-0.2, -0.15) is 5.26 Å². The van der Waals surface area contributed by atoms with Crippen LogP contribution in [0.25, 0.3) is 0 Å². The van der Waals surface area contributed by atoms with Gasteiger partial charge >= 0.3 is 5.97 Å². The Morgan fingerprint density at radius 3 is 2.82 bits per heavy atom. The molecule has 2 heterocycles. The third-order valence-corrected chi connectivity index (χ3v) is 5.34. The summed E-state index contributed by atoms with van der Waals surface area (Å²) >= 11 is 2.67.